The molecule has 0 saturated carbocycles. The average Bonchev–Trinajstić information content (AvgIpc) is 2.66. The number of rotatable bonds is 4. The van der Waals surface area contributed by atoms with Gasteiger partial charge in [-0.05, 0) is 38.4 Å². The number of hydrogen-bond donors (Lipinski definition) is 3. The summed E-state index contributed by atoms with van der Waals surface area (Å²) >= 11 is 1.23. The lowest BCUT2D eigenvalue weighted by Crippen LogP contribution is -2.35. The third-order valence-corrected chi connectivity index (χ3v) is 3.44. The van der Waals surface area contributed by atoms with Gasteiger partial charge in [-0.25, -0.2) is 0 Å². The van der Waals surface area contributed by atoms with E-state index in [2.05, 4.69) is 15.6 Å². The molecule has 1 unspecified atom stereocenters. The van der Waals surface area contributed by atoms with Gasteiger partial charge in [-0.1, -0.05) is 11.3 Å². The minimum absolute atomic E-state index is 0.0335. The molecule has 0 aromatic carbocycles. The van der Waals surface area contributed by atoms with Crippen LogP contribution in [-0.2, 0) is 6.54 Å². The van der Waals surface area contributed by atoms with Crippen LogP contribution < -0.4 is 15.5 Å². The van der Waals surface area contributed by atoms with E-state index < -0.39 is 0 Å². The van der Waals surface area contributed by atoms with Crippen LogP contribution in [0.25, 0.3) is 0 Å². The van der Waals surface area contributed by atoms with Crippen molar-refractivity contribution in [3.05, 3.63) is 20.7 Å². The van der Waals surface area contributed by atoms with Gasteiger partial charge in [0.1, 0.15) is 0 Å². The Balaban J connectivity index is 1.68. The molecule has 0 bridgehead atoms. The van der Waals surface area contributed by atoms with Crippen LogP contribution in [0.3, 0.4) is 0 Å². The fourth-order valence-electron chi connectivity index (χ4n) is 1.91. The van der Waals surface area contributed by atoms with Crippen LogP contribution in [0, 0.1) is 5.92 Å². The number of hydrogen-bond acceptors (Lipinski definition) is 4. The summed E-state index contributed by atoms with van der Waals surface area (Å²) in [4.78, 5) is 13.7. The maximum Gasteiger partial charge on any atom is 0.304 e. The van der Waals surface area contributed by atoms with Crippen molar-refractivity contribution in [1.82, 2.24) is 15.6 Å². The molecular formula is C10H17N3OS. The smallest absolute Gasteiger partial charge is 0.304 e. The highest BCUT2D eigenvalue weighted by Crippen LogP contribution is 2.08. The molecule has 1 saturated heterocycles. The van der Waals surface area contributed by atoms with Crippen molar-refractivity contribution in [1.29, 1.82) is 0 Å². The van der Waals surface area contributed by atoms with Gasteiger partial charge in [0, 0.05) is 17.6 Å². The Hall–Kier alpha value is -0.650. The zero-order chi connectivity index (χ0) is 10.5. The Bertz CT molecular complexity index is 340. The second kappa shape index (κ2) is 5.44. The molecule has 3 N–H and O–H groups in total. The van der Waals surface area contributed by atoms with E-state index in [-0.39, 0.29) is 4.87 Å². The molecule has 1 aliphatic rings. The first kappa shape index (κ1) is 10.9. The molecule has 0 amide bonds. The summed E-state index contributed by atoms with van der Waals surface area (Å²) in [5.74, 6) is 0.740. The zero-order valence-corrected chi connectivity index (χ0v) is 9.53. The van der Waals surface area contributed by atoms with E-state index >= 15 is 0 Å². The molecule has 2 rings (SSSR count). The maximum absolute atomic E-state index is 10.9. The van der Waals surface area contributed by atoms with Crippen molar-refractivity contribution in [2.45, 2.75) is 19.4 Å². The summed E-state index contributed by atoms with van der Waals surface area (Å²) in [6.07, 6.45) is 2.59. The Morgan fingerprint density at radius 3 is 3.20 bits per heavy atom. The van der Waals surface area contributed by atoms with E-state index in [4.69, 9.17) is 0 Å². The molecule has 84 valence electrons. The molecule has 1 atom stereocenters. The van der Waals surface area contributed by atoms with E-state index in [1.807, 2.05) is 5.38 Å². The minimum atomic E-state index is 0.0335. The predicted molar refractivity (Wildman–Crippen MR) is 62.2 cm³/mol. The summed E-state index contributed by atoms with van der Waals surface area (Å²) in [7, 11) is 0. The van der Waals surface area contributed by atoms with Crippen LogP contribution >= 0.6 is 11.3 Å². The normalized spacial score (nSPS) is 21.7. The fraction of sp³-hybridized carbons (Fsp3) is 0.700. The Morgan fingerprint density at radius 2 is 2.53 bits per heavy atom. The number of aromatic nitrogens is 1. The molecule has 0 radical (unpaired) electrons. The van der Waals surface area contributed by atoms with Crippen molar-refractivity contribution in [2.75, 3.05) is 19.6 Å². The van der Waals surface area contributed by atoms with Gasteiger partial charge in [0.05, 0.1) is 0 Å². The lowest BCUT2D eigenvalue weighted by Gasteiger charge is -2.22. The average molecular weight is 227 g/mol. The Labute approximate surface area is 93.1 Å². The van der Waals surface area contributed by atoms with Gasteiger partial charge >= 0.3 is 4.87 Å². The predicted octanol–water partition coefficient (Wildman–Crippen LogP) is 0.526. The number of piperidine rings is 1. The van der Waals surface area contributed by atoms with Gasteiger partial charge in [-0.15, -0.1) is 0 Å². The van der Waals surface area contributed by atoms with Crippen molar-refractivity contribution in [2.24, 2.45) is 5.92 Å². The molecule has 2 heterocycles. The highest BCUT2D eigenvalue weighted by Gasteiger charge is 2.11. The van der Waals surface area contributed by atoms with E-state index in [0.29, 0.717) is 0 Å². The largest absolute Gasteiger partial charge is 0.316 e. The topological polar surface area (TPSA) is 56.9 Å². The first-order valence-corrected chi connectivity index (χ1v) is 6.30. The van der Waals surface area contributed by atoms with Crippen LogP contribution in [0.2, 0.25) is 0 Å². The molecule has 1 aromatic rings. The molecule has 1 fully saturated rings. The highest BCUT2D eigenvalue weighted by molar-refractivity contribution is 7.07. The Kier molecular flexibility index (Phi) is 3.94. The molecule has 5 heteroatoms. The monoisotopic (exact) mass is 227 g/mol. The maximum atomic E-state index is 10.9. The molecule has 0 aliphatic carbocycles. The van der Waals surface area contributed by atoms with Crippen LogP contribution in [0.15, 0.2) is 10.2 Å². The van der Waals surface area contributed by atoms with E-state index in [9.17, 15) is 4.79 Å². The molecule has 1 aromatic heterocycles. The second-order valence-corrected chi connectivity index (χ2v) is 4.86. The fourth-order valence-corrected chi connectivity index (χ4v) is 2.49. The van der Waals surface area contributed by atoms with Crippen molar-refractivity contribution < 1.29 is 0 Å². The molecule has 0 spiro atoms. The van der Waals surface area contributed by atoms with E-state index in [1.165, 1.54) is 24.2 Å². The van der Waals surface area contributed by atoms with Gasteiger partial charge in [0.2, 0.25) is 0 Å². The van der Waals surface area contributed by atoms with E-state index in [0.717, 1.165) is 37.8 Å². The number of H-pyrrole nitrogens is 1. The SMILES string of the molecule is O=c1[nH]c(CNCC2CCCNC2)cs1. The summed E-state index contributed by atoms with van der Waals surface area (Å²) in [5.41, 5.74) is 0.994. The number of aromatic amines is 1. The summed E-state index contributed by atoms with van der Waals surface area (Å²) in [6, 6.07) is 0. The van der Waals surface area contributed by atoms with Crippen molar-refractivity contribution in [3.63, 3.8) is 0 Å². The quantitative estimate of drug-likeness (QED) is 0.703. The first-order valence-electron chi connectivity index (χ1n) is 5.43. The lowest BCUT2D eigenvalue weighted by atomic mass is 10.00. The van der Waals surface area contributed by atoms with Gasteiger partial charge in [0.15, 0.2) is 0 Å². The van der Waals surface area contributed by atoms with E-state index in [1.54, 1.807) is 0 Å². The molecule has 4 nitrogen and oxygen atoms in total. The Morgan fingerprint density at radius 1 is 1.60 bits per heavy atom. The van der Waals surface area contributed by atoms with Crippen molar-refractivity contribution >= 4 is 11.3 Å². The van der Waals surface area contributed by atoms with Crippen LogP contribution in [0.1, 0.15) is 18.5 Å². The van der Waals surface area contributed by atoms with Crippen molar-refractivity contribution in [3.8, 4) is 0 Å². The third-order valence-electron chi connectivity index (χ3n) is 2.72. The highest BCUT2D eigenvalue weighted by atomic mass is 32.1. The van der Waals surface area contributed by atoms with Crippen LogP contribution in [-0.4, -0.2) is 24.6 Å². The number of thiazole rings is 1. The second-order valence-electron chi connectivity index (χ2n) is 4.02. The minimum Gasteiger partial charge on any atom is -0.316 e. The van der Waals surface area contributed by atoms with Gasteiger partial charge < -0.3 is 15.6 Å². The number of nitrogens with one attached hydrogen (secondary N) is 3. The first-order chi connectivity index (χ1) is 7.34. The third kappa shape index (κ3) is 3.44. The zero-order valence-electron chi connectivity index (χ0n) is 8.71. The van der Waals surface area contributed by atoms with Gasteiger partial charge in [0.25, 0.3) is 0 Å². The standard InChI is InChI=1S/C10H17N3OS/c14-10-13-9(7-15-10)6-12-5-8-2-1-3-11-4-8/h7-8,11-12H,1-6H2,(H,13,14). The summed E-state index contributed by atoms with van der Waals surface area (Å²) in [5, 5.41) is 8.66. The lowest BCUT2D eigenvalue weighted by molar-refractivity contribution is 0.359. The van der Waals surface area contributed by atoms with Crippen LogP contribution in [0.4, 0.5) is 0 Å². The van der Waals surface area contributed by atoms with Gasteiger partial charge in [-0.3, -0.25) is 4.79 Å². The molecule has 1 aliphatic heterocycles. The summed E-state index contributed by atoms with van der Waals surface area (Å²) < 4.78 is 0. The molecule has 15 heavy (non-hydrogen) atoms. The van der Waals surface area contributed by atoms with Gasteiger partial charge in [-0.2, -0.15) is 0 Å². The molecular weight excluding hydrogens is 210 g/mol. The van der Waals surface area contributed by atoms with Crippen LogP contribution in [0.5, 0.6) is 0 Å². The summed E-state index contributed by atoms with van der Waals surface area (Å²) in [6.45, 7) is 4.08.